The number of ether oxygens (including phenoxy) is 2. The fraction of sp³-hybridized carbons (Fsp3) is 0.491. The zero-order valence-electron chi connectivity index (χ0n) is 90.4. The number of aliphatic imine (C=N–C) groups is 3. The smallest absolute Gasteiger partial charge is 0.407 e. The number of nitrogens with two attached hydrogens (primary N) is 2. The Morgan fingerprint density at radius 1 is 0.503 bits per heavy atom. The number of amides is 6. The number of hydrogen-bond acceptors (Lipinski definition) is 21. The molecule has 3 spiro atoms. The lowest BCUT2D eigenvalue weighted by Gasteiger charge is -2.34. The van der Waals surface area contributed by atoms with Crippen molar-refractivity contribution in [1.29, 1.82) is 0 Å². The number of carbonyl (C=O) groups excluding carboxylic acids is 6. The minimum Gasteiger partial charge on any atom is -0.480 e. The first-order valence-electron chi connectivity index (χ1n) is 53.6. The van der Waals surface area contributed by atoms with E-state index in [1.165, 1.54) is 87.2 Å². The van der Waals surface area contributed by atoms with E-state index in [0.29, 0.717) is 94.8 Å². The number of nitrogen functional groups attached to an aromatic ring is 2. The molecule has 31 nitrogen and oxygen atoms in total. The summed E-state index contributed by atoms with van der Waals surface area (Å²) in [6.45, 7) is 28.3. The maximum atomic E-state index is 13.5. The Morgan fingerprint density at radius 3 is 1.07 bits per heavy atom. The largest absolute Gasteiger partial charge is 0.480 e. The molecule has 12 N–H and O–H groups in total. The summed E-state index contributed by atoms with van der Waals surface area (Å²) in [5.74, 6) is 1.19. The molecule has 3 saturated carbocycles. The molecule has 7 aromatic rings. The lowest BCUT2D eigenvalue weighted by atomic mass is 9.88. The molecule has 6 amide bonds. The zero-order valence-corrected chi connectivity index (χ0v) is 92.4. The number of carboxylic acids is 1. The first-order valence-corrected chi connectivity index (χ1v) is 57.1. The van der Waals surface area contributed by atoms with Crippen LogP contribution in [0.5, 0.6) is 0 Å². The molecule has 6 heterocycles. The van der Waals surface area contributed by atoms with Gasteiger partial charge in [0, 0.05) is 116 Å². The number of anilines is 3. The van der Waals surface area contributed by atoms with Gasteiger partial charge >= 0.3 is 18.2 Å². The normalized spacial score (nSPS) is 19.1. The molecule has 3 saturated heterocycles. The molecule has 0 bridgehead atoms. The number of carbonyl (C=O) groups is 7. The summed E-state index contributed by atoms with van der Waals surface area (Å²) in [6, 6.07) is 41.7. The average molecular weight is 2170 g/mol. The van der Waals surface area contributed by atoms with E-state index in [1.54, 1.807) is 52.0 Å². The van der Waals surface area contributed by atoms with Crippen LogP contribution in [0.25, 0.3) is 34.4 Å². The fourth-order valence-corrected chi connectivity index (χ4v) is 25.1. The Kier molecular flexibility index (Phi) is 40.3. The monoisotopic (exact) mass is 2170 g/mol. The summed E-state index contributed by atoms with van der Waals surface area (Å²) in [5.41, 5.74) is 27.5. The predicted octanol–water partition coefficient (Wildman–Crippen LogP) is 19.5. The zero-order chi connectivity index (χ0) is 110. The molecule has 6 aliphatic heterocycles. The number of aliphatic hydroxyl groups is 1. The van der Waals surface area contributed by atoms with Crippen molar-refractivity contribution < 1.29 is 81.2 Å². The number of nitrogens with zero attached hydrogens (tertiary/aromatic N) is 6. The van der Waals surface area contributed by atoms with Gasteiger partial charge in [0.1, 0.15) is 59.4 Å². The average Bonchev–Trinajstić information content (AvgIpc) is 1.61. The van der Waals surface area contributed by atoms with E-state index in [2.05, 4.69) is 90.8 Å². The van der Waals surface area contributed by atoms with Crippen LogP contribution >= 0.6 is 15.9 Å². The number of fused-ring (bicyclic) bond motifs is 6. The number of piperidine rings is 3. The highest BCUT2D eigenvalue weighted by atomic mass is 79.9. The van der Waals surface area contributed by atoms with Crippen LogP contribution in [-0.4, -0.2) is 195 Å². The summed E-state index contributed by atoms with van der Waals surface area (Å²) in [6.07, 6.45) is 21.4. The van der Waals surface area contributed by atoms with Crippen molar-refractivity contribution in [1.82, 2.24) is 39.5 Å². The highest BCUT2D eigenvalue weighted by Crippen LogP contribution is 2.48. The molecule has 0 radical (unpaired) electrons. The minimum atomic E-state index is -3.76. The second kappa shape index (κ2) is 52.4. The molecule has 0 aromatic heterocycles. The highest BCUT2D eigenvalue weighted by Gasteiger charge is 2.52. The number of aryl methyl sites for hydroxylation is 6. The number of hydrogen-bond donors (Lipinski definition) is 10. The Morgan fingerprint density at radius 2 is 0.779 bits per heavy atom. The predicted molar refractivity (Wildman–Crippen MR) is 597 cm³/mol. The lowest BCUT2D eigenvalue weighted by molar-refractivity contribution is -0.140. The summed E-state index contributed by atoms with van der Waals surface area (Å²) < 4.78 is 105. The minimum absolute atomic E-state index is 0.0412. The number of nitrogens with one attached hydrogen (secondary N) is 6. The van der Waals surface area contributed by atoms with Crippen LogP contribution in [-0.2, 0) is 63.5 Å². The third kappa shape index (κ3) is 28.8. The number of rotatable bonds is 22. The van der Waals surface area contributed by atoms with Gasteiger partial charge in [0.2, 0.25) is 36.0 Å². The van der Waals surface area contributed by atoms with Gasteiger partial charge in [-0.25, -0.2) is 39.6 Å². The second-order valence-corrected chi connectivity index (χ2v) is 47.0. The molecule has 11 aliphatic rings. The van der Waals surface area contributed by atoms with E-state index in [-0.39, 0.29) is 86.1 Å². The van der Waals surface area contributed by atoms with Crippen molar-refractivity contribution in [3.05, 3.63) is 227 Å². The Labute approximate surface area is 892 Å². The molecule has 18 rings (SSSR count). The number of aliphatic hydroxyl groups excluding tert-OH is 1. The number of alkyl carbamates (subject to hydrolysis) is 2. The van der Waals surface area contributed by atoms with Crippen molar-refractivity contribution in [2.24, 2.45) is 44.6 Å². The number of aliphatic carboxylic acids is 1. The Balaban J connectivity index is 0.000000191. The number of carboxylic acid groups (broad SMARTS) is 1. The molecule has 6 fully saturated rings. The van der Waals surface area contributed by atoms with Gasteiger partial charge in [0.25, 0.3) is 17.7 Å². The molecule has 5 aliphatic carbocycles. The van der Waals surface area contributed by atoms with E-state index >= 15 is 0 Å². The van der Waals surface area contributed by atoms with Gasteiger partial charge in [0.05, 0.1) is 0 Å². The van der Waals surface area contributed by atoms with Crippen LogP contribution in [0.2, 0.25) is 0 Å². The van der Waals surface area contributed by atoms with Crippen molar-refractivity contribution >= 4 is 135 Å². The van der Waals surface area contributed by atoms with Crippen LogP contribution in [0.1, 0.15) is 272 Å². The Hall–Kier alpha value is -11.6. The van der Waals surface area contributed by atoms with E-state index in [9.17, 15) is 58.8 Å². The fourth-order valence-electron chi connectivity index (χ4n) is 21.6. The SMILES string of the molecule is C=CS(=O)(=O)N1CCC2(CC1)N=C(C1CCCCC1)NC2=O.CC(C)[C@H](NC(=O)OCC1c2ccccc2-c2ccccc21)C(=O)O.CCO.Cc1cc(N)cc(C)c1/C=C/S(=O)(=O)N1CCC2(CC1)N=C(C1CCCCC1)NC2=O.Cc1cc(N)cc(C)c1Br.Cc1cc(NC(=O)[C@@H](NC(=O)OCC2c3ccccc3-c3ccccc32)C(C)C)cc(C)c1/C=C/S(=O)(=O)N1CCC2(CC1)N=C(C1CCCCC1)NC2=O.[2H]CC.[3H]C. The van der Waals surface area contributed by atoms with Gasteiger partial charge in [-0.1, -0.05) is 226 Å². The van der Waals surface area contributed by atoms with Crippen molar-refractivity contribution in [3.63, 3.8) is 0 Å². The topological polar surface area (TPSA) is 452 Å². The molecule has 7 aromatic carbocycles. The molecule has 0 unspecified atom stereocenters. The number of sulfonamides is 3. The molecule has 2 atom stereocenters. The van der Waals surface area contributed by atoms with Gasteiger partial charge < -0.3 is 63.1 Å². The van der Waals surface area contributed by atoms with Crippen molar-refractivity contribution in [2.45, 2.75) is 273 Å². The second-order valence-electron chi connectivity index (χ2n) is 40.6. The van der Waals surface area contributed by atoms with E-state index < -0.39 is 76.9 Å². The first kappa shape index (κ1) is 115. The third-order valence-electron chi connectivity index (χ3n) is 29.8. The molecular weight excluding hydrogens is 2010 g/mol. The van der Waals surface area contributed by atoms with Crippen LogP contribution in [0.4, 0.5) is 26.7 Å². The van der Waals surface area contributed by atoms with Gasteiger partial charge in [-0.2, -0.15) is 12.9 Å². The standard InChI is InChI=1S/C43H51N5O6S.C23H32N4O3S.C20H21NO4.C15H23N3O3S.C8H10BrN.C2H6O.C2H6.CH4/c1-27(2)38(45-42(51)54-26-37-35-16-10-8-14-33(35)34-15-9-11-17-36(34)37)40(49)44-31-24-28(3)32(29(4)25-31)18-23-55(52,53)48-21-19-43(20-22-48)41(50)46-39(47-43)30-12-6-5-7-13-30;1-16-14-19(24)15-17(2)20(16)8-13-31(29,30)27-11-9-23(10-12-27)22(28)25-21(26-23)18-6-4-3-5-7-18;1-12(2)18(19(22)23)21-20(24)25-11-17-15-9-5-3-7-13(15)14-8-4-6-10-16(14)17;1-2-22(20,21)18-10-8-15(9-11-18)14(19)16-13(17-15)12-6-4-3-5-7-12;1-5-3-7(10)4-6(2)8(5)9;1-2-3;1-2;/h8-11,14-18,23-25,27,30,37-38H,5-7,12-13,19-22,26H2,1-4H3,(H,44,49)(H,45,51)(H,46,47,50);8,13-15,18H,3-7,9-12,24H2,1-2H3,(H,25,26,28);3-10,12,17-18H,11H2,1-2H3,(H,21,24)(H,22,23);2,12H,1,3-11H2,(H,16,17,19);3-4H,10H2,1-2H3;3H,2H2,1H3;1-2H3;1H4/b23-18+;13-8+;;;;;;/t38-;;18-;;;;;/m0.0...../s1/i;;;;;;1D;1T. The molecule has 35 heteroatoms. The van der Waals surface area contributed by atoms with Gasteiger partial charge in [0.15, 0.2) is 0 Å². The third-order valence-corrected chi connectivity index (χ3v) is 35.7. The van der Waals surface area contributed by atoms with E-state index in [4.69, 9.17) is 48.9 Å². The molecule has 149 heavy (non-hydrogen) atoms. The maximum Gasteiger partial charge on any atom is 0.407 e. The van der Waals surface area contributed by atoms with Crippen LogP contribution < -0.4 is 43.4 Å². The summed E-state index contributed by atoms with van der Waals surface area (Å²) in [7, 11) is -9.50. The van der Waals surface area contributed by atoms with Gasteiger partial charge in [-0.05, 0) is 275 Å². The number of halogens is 1. The van der Waals surface area contributed by atoms with E-state index in [0.717, 1.165) is 162 Å². The quantitative estimate of drug-likeness (QED) is 0.0282. The summed E-state index contributed by atoms with van der Waals surface area (Å²) in [5, 5.41) is 37.3. The molecular formula is C114H153BrN14O17S3. The summed E-state index contributed by atoms with van der Waals surface area (Å²) >= 11 is 3.46. The maximum absolute atomic E-state index is 13.5. The Bertz CT molecular complexity index is 6370. The van der Waals surface area contributed by atoms with Gasteiger partial charge in [-0.3, -0.25) is 34.2 Å². The van der Waals surface area contributed by atoms with Crippen molar-refractivity contribution in [3.8, 4) is 22.3 Å². The van der Waals surface area contributed by atoms with Gasteiger partial charge in [-0.15, -0.1) is 0 Å². The van der Waals surface area contributed by atoms with Crippen molar-refractivity contribution in [2.75, 3.05) is 75.9 Å². The number of benzene rings is 7. The van der Waals surface area contributed by atoms with Crippen LogP contribution in [0, 0.1) is 71.1 Å². The van der Waals surface area contributed by atoms with Crippen LogP contribution in [0.3, 0.4) is 0 Å². The lowest BCUT2D eigenvalue weighted by Crippen LogP contribution is -2.50. The first-order chi connectivity index (χ1) is 71.9. The summed E-state index contributed by atoms with van der Waals surface area (Å²) in [4.78, 5) is 102. The van der Waals surface area contributed by atoms with E-state index in [1.807, 2.05) is 140 Å². The molecule has 806 valence electrons. The highest BCUT2D eigenvalue weighted by molar-refractivity contribution is 9.10. The van der Waals surface area contributed by atoms with Crippen LogP contribution in [0.15, 0.2) is 176 Å². The number of amidine groups is 3.